The lowest BCUT2D eigenvalue weighted by Gasteiger charge is -2.30. The predicted octanol–water partition coefficient (Wildman–Crippen LogP) is 9.07. The first-order chi connectivity index (χ1) is 29.6. The summed E-state index contributed by atoms with van der Waals surface area (Å²) in [6.07, 6.45) is 1.88. The Morgan fingerprint density at radius 2 is 1.03 bits per heavy atom. The van der Waals surface area contributed by atoms with Gasteiger partial charge in [0.2, 0.25) is 11.9 Å². The Bertz CT molecular complexity index is 2220. The fourth-order valence-corrected chi connectivity index (χ4v) is 6.50. The fraction of sp³-hybridized carbons (Fsp3) is 0.511. The molecule has 17 nitrogen and oxygen atoms in total. The van der Waals surface area contributed by atoms with E-state index in [2.05, 4.69) is 25.9 Å². The molecule has 17 heteroatoms. The van der Waals surface area contributed by atoms with Gasteiger partial charge in [-0.25, -0.2) is 19.2 Å². The number of nitrogens with one attached hydrogen (secondary N) is 3. The van der Waals surface area contributed by atoms with Crippen LogP contribution in [0, 0.1) is 6.92 Å². The maximum atomic E-state index is 13.5. The van der Waals surface area contributed by atoms with Gasteiger partial charge in [0.05, 0.1) is 7.11 Å². The van der Waals surface area contributed by atoms with Crippen molar-refractivity contribution < 1.29 is 47.7 Å². The molecule has 0 bridgehead atoms. The SMILES string of the molecule is COc1cc(NC(=O)c2ccc(C3=CCN(C(=NC(=O)OC(C)(C)C)NC(=O)OC(C)(C)C)CC3)c(C)c2)ccc1C1=CCN(C(=NC(=O)OC(C)(C)C)NC(=O)OC(C)(C)C)CC1. The molecule has 0 fully saturated rings. The molecule has 2 aliphatic rings. The summed E-state index contributed by atoms with van der Waals surface area (Å²) in [5.41, 5.74) is 2.64. The van der Waals surface area contributed by atoms with E-state index in [1.54, 1.807) is 118 Å². The van der Waals surface area contributed by atoms with Gasteiger partial charge in [-0.05, 0) is 149 Å². The van der Waals surface area contributed by atoms with Crippen molar-refractivity contribution in [3.63, 3.8) is 0 Å². The smallest absolute Gasteiger partial charge is 0.437 e. The minimum Gasteiger partial charge on any atom is -0.496 e. The fourth-order valence-electron chi connectivity index (χ4n) is 6.50. The largest absolute Gasteiger partial charge is 0.496 e. The Hall–Kier alpha value is -6.39. The highest BCUT2D eigenvalue weighted by Gasteiger charge is 2.28. The summed E-state index contributed by atoms with van der Waals surface area (Å²) in [7, 11) is 1.56. The van der Waals surface area contributed by atoms with Crippen LogP contribution in [-0.4, -0.2) is 108 Å². The quantitative estimate of drug-likeness (QED) is 0.146. The standard InChI is InChI=1S/C47H65N7O10/c1-29-27-32(15-17-34(29)30-19-23-53(24-20-30)38(49-40(56)61-44(2,3)4)50-41(57)62-45(5,6)7)37(55)48-33-16-18-35(36(28-33)60-14)31-21-25-54(26-22-31)39(51-42(58)63-46(8,9)10)52-43(59)64-47(11,12)13/h15-19,21,27-28H,20,22-26H2,1-14H3,(H,48,55)(H,49,50,56,57)(H,51,52,58,59). The number of rotatable bonds is 5. The molecule has 0 atom stereocenters. The van der Waals surface area contributed by atoms with Gasteiger partial charge in [-0.15, -0.1) is 9.98 Å². The van der Waals surface area contributed by atoms with E-state index in [-0.39, 0.29) is 17.8 Å². The lowest BCUT2D eigenvalue weighted by atomic mass is 9.94. The van der Waals surface area contributed by atoms with Gasteiger partial charge in [0, 0.05) is 49.1 Å². The van der Waals surface area contributed by atoms with Gasteiger partial charge in [0.1, 0.15) is 28.2 Å². The van der Waals surface area contributed by atoms with E-state index in [1.165, 1.54) is 0 Å². The molecular weight excluding hydrogens is 823 g/mol. The summed E-state index contributed by atoms with van der Waals surface area (Å²) >= 11 is 0. The molecule has 2 aromatic rings. The minimum atomic E-state index is -0.844. The van der Waals surface area contributed by atoms with Gasteiger partial charge in [-0.3, -0.25) is 15.4 Å². The summed E-state index contributed by atoms with van der Waals surface area (Å²) in [6, 6.07) is 11.0. The molecule has 2 heterocycles. The van der Waals surface area contributed by atoms with E-state index in [0.29, 0.717) is 56.0 Å². The second-order valence-electron chi connectivity index (χ2n) is 19.3. The van der Waals surface area contributed by atoms with Gasteiger partial charge in [-0.2, -0.15) is 0 Å². The number of guanidine groups is 2. The van der Waals surface area contributed by atoms with Gasteiger partial charge in [-0.1, -0.05) is 18.2 Å². The Morgan fingerprint density at radius 1 is 0.594 bits per heavy atom. The van der Waals surface area contributed by atoms with Crippen molar-refractivity contribution in [3.8, 4) is 5.75 Å². The molecule has 2 aromatic carbocycles. The number of methoxy groups -OCH3 is 1. The van der Waals surface area contributed by atoms with Crippen LogP contribution in [0.1, 0.15) is 123 Å². The van der Waals surface area contributed by atoms with Crippen molar-refractivity contribution in [3.05, 3.63) is 70.8 Å². The van der Waals surface area contributed by atoms with Crippen molar-refractivity contribution in [1.29, 1.82) is 0 Å². The van der Waals surface area contributed by atoms with Gasteiger partial charge < -0.3 is 38.8 Å². The molecule has 64 heavy (non-hydrogen) atoms. The number of carbonyl (C=O) groups excluding carboxylic acids is 5. The number of hydrogen-bond acceptors (Lipinski definition) is 10. The normalized spacial score (nSPS) is 15.3. The summed E-state index contributed by atoms with van der Waals surface area (Å²) in [6.45, 7) is 24.3. The van der Waals surface area contributed by atoms with Crippen LogP contribution in [0.25, 0.3) is 11.1 Å². The Morgan fingerprint density at radius 3 is 1.42 bits per heavy atom. The molecule has 2 aliphatic heterocycles. The van der Waals surface area contributed by atoms with Crippen molar-refractivity contribution in [2.75, 3.05) is 38.6 Å². The third kappa shape index (κ3) is 16.1. The number of alkyl carbamates (subject to hydrolysis) is 2. The van der Waals surface area contributed by atoms with Gasteiger partial charge in [0.15, 0.2) is 0 Å². The Labute approximate surface area is 376 Å². The zero-order chi connectivity index (χ0) is 47.8. The van der Waals surface area contributed by atoms with Crippen LogP contribution >= 0.6 is 0 Å². The third-order valence-electron chi connectivity index (χ3n) is 9.06. The number of aryl methyl sites for hydroxylation is 1. The maximum absolute atomic E-state index is 13.5. The highest BCUT2D eigenvalue weighted by atomic mass is 16.6. The predicted molar refractivity (Wildman–Crippen MR) is 247 cm³/mol. The minimum absolute atomic E-state index is 0.0135. The summed E-state index contributed by atoms with van der Waals surface area (Å²) in [5.74, 6) is 0.294. The molecule has 4 rings (SSSR count). The van der Waals surface area contributed by atoms with E-state index >= 15 is 0 Å². The Balaban J connectivity index is 1.45. The number of nitrogens with zero attached hydrogens (tertiary/aromatic N) is 4. The van der Waals surface area contributed by atoms with Crippen LogP contribution in [0.15, 0.2) is 58.5 Å². The lowest BCUT2D eigenvalue weighted by Crippen LogP contribution is -2.48. The molecule has 0 saturated heterocycles. The summed E-state index contributed by atoms with van der Waals surface area (Å²) < 4.78 is 27.3. The molecule has 3 N–H and O–H groups in total. The van der Waals surface area contributed by atoms with Crippen LogP contribution in [0.3, 0.4) is 0 Å². The number of amides is 5. The molecule has 0 unspecified atom stereocenters. The van der Waals surface area contributed by atoms with Crippen LogP contribution in [0.2, 0.25) is 0 Å². The number of carbonyl (C=O) groups is 5. The van der Waals surface area contributed by atoms with Crippen molar-refractivity contribution >= 4 is 59.0 Å². The van der Waals surface area contributed by atoms with Crippen LogP contribution in [0.4, 0.5) is 24.9 Å². The van der Waals surface area contributed by atoms with Crippen molar-refractivity contribution in [2.24, 2.45) is 9.98 Å². The molecule has 348 valence electrons. The number of hydrogen-bond donors (Lipinski definition) is 3. The highest BCUT2D eigenvalue weighted by molar-refractivity contribution is 6.05. The Kier molecular flexibility index (Phi) is 16.0. The topological polar surface area (TPSA) is 199 Å². The molecule has 0 aliphatic carbocycles. The number of benzene rings is 2. The monoisotopic (exact) mass is 887 g/mol. The van der Waals surface area contributed by atoms with Gasteiger partial charge >= 0.3 is 24.4 Å². The van der Waals surface area contributed by atoms with Crippen molar-refractivity contribution in [2.45, 2.75) is 125 Å². The van der Waals surface area contributed by atoms with Crippen LogP contribution in [-0.2, 0) is 18.9 Å². The van der Waals surface area contributed by atoms with Crippen molar-refractivity contribution in [1.82, 2.24) is 20.4 Å². The number of aliphatic imine (C=N–C) groups is 2. The lowest BCUT2D eigenvalue weighted by molar-refractivity contribution is 0.0536. The average molecular weight is 888 g/mol. The maximum Gasteiger partial charge on any atom is 0.437 e. The first kappa shape index (κ1) is 50.3. The third-order valence-corrected chi connectivity index (χ3v) is 9.06. The first-order valence-corrected chi connectivity index (χ1v) is 21.2. The van der Waals surface area contributed by atoms with Gasteiger partial charge in [0.25, 0.3) is 5.91 Å². The van der Waals surface area contributed by atoms with E-state index in [4.69, 9.17) is 23.7 Å². The molecule has 0 saturated carbocycles. The average Bonchev–Trinajstić information content (AvgIpc) is 3.14. The molecular formula is C47H65N7O10. The molecule has 0 aromatic heterocycles. The highest BCUT2D eigenvalue weighted by Crippen LogP contribution is 2.33. The molecule has 0 spiro atoms. The second-order valence-corrected chi connectivity index (χ2v) is 19.3. The second kappa shape index (κ2) is 20.4. The van der Waals surface area contributed by atoms with E-state index in [1.807, 2.05) is 37.3 Å². The van der Waals surface area contributed by atoms with Crippen LogP contribution < -0.4 is 20.7 Å². The zero-order valence-electron chi connectivity index (χ0n) is 39.7. The molecule has 5 amide bonds. The van der Waals surface area contributed by atoms with Crippen LogP contribution in [0.5, 0.6) is 5.75 Å². The van der Waals surface area contributed by atoms with E-state index < -0.39 is 46.8 Å². The summed E-state index contributed by atoms with van der Waals surface area (Å²) in [5, 5.41) is 8.20. The van der Waals surface area contributed by atoms with E-state index in [0.717, 1.165) is 27.8 Å². The summed E-state index contributed by atoms with van der Waals surface area (Å²) in [4.78, 5) is 75.9. The van der Waals surface area contributed by atoms with E-state index in [9.17, 15) is 24.0 Å². The zero-order valence-corrected chi connectivity index (χ0v) is 39.7. The first-order valence-electron chi connectivity index (χ1n) is 21.2. The molecule has 0 radical (unpaired) electrons. The number of anilines is 1. The number of ether oxygens (including phenoxy) is 5.